The molecule has 0 amide bonds. The van der Waals surface area contributed by atoms with Crippen LogP contribution in [0.2, 0.25) is 0 Å². The SMILES string of the molecule is CCC1C[C@@H]2[C@H](CC[C@]3(C)C(=O)CC[C@@H]23)[C@@]2(C=O)CCC(=O)C=C12. The Labute approximate surface area is 144 Å². The van der Waals surface area contributed by atoms with Crippen LogP contribution in [0.1, 0.15) is 65.2 Å². The smallest absolute Gasteiger partial charge is 0.155 e. The Morgan fingerprint density at radius 2 is 1.96 bits per heavy atom. The molecule has 130 valence electrons. The van der Waals surface area contributed by atoms with E-state index in [1.54, 1.807) is 0 Å². The summed E-state index contributed by atoms with van der Waals surface area (Å²) in [6.07, 6.45) is 9.84. The lowest BCUT2D eigenvalue weighted by Gasteiger charge is -2.58. The standard InChI is InChI=1S/C21H28O3/c1-3-13-10-15-16-4-5-19(24)20(16,2)8-7-17(15)21(12-22)9-6-14(23)11-18(13)21/h11-13,15-17H,3-10H2,1-2H3/t13?,15-,16-,17-,20-,21-/m0/s1. The van der Waals surface area contributed by atoms with Crippen LogP contribution in [0.25, 0.3) is 0 Å². The van der Waals surface area contributed by atoms with Gasteiger partial charge in [-0.15, -0.1) is 0 Å². The van der Waals surface area contributed by atoms with E-state index >= 15 is 0 Å². The van der Waals surface area contributed by atoms with Crippen LogP contribution in [-0.2, 0) is 14.4 Å². The molecule has 4 rings (SSSR count). The Hall–Kier alpha value is -1.25. The van der Waals surface area contributed by atoms with Crippen molar-refractivity contribution in [3.05, 3.63) is 11.6 Å². The molecule has 0 aromatic rings. The van der Waals surface area contributed by atoms with E-state index in [1.165, 1.54) is 6.29 Å². The number of ketones is 2. The minimum Gasteiger partial charge on any atom is -0.302 e. The highest BCUT2D eigenvalue weighted by atomic mass is 16.1. The predicted molar refractivity (Wildman–Crippen MR) is 91.3 cm³/mol. The topological polar surface area (TPSA) is 51.2 Å². The number of Topliss-reactive ketones (excluding diaryl/α,β-unsaturated/α-hetero) is 1. The van der Waals surface area contributed by atoms with Gasteiger partial charge in [0, 0.05) is 18.3 Å². The average Bonchev–Trinajstić information content (AvgIpc) is 2.89. The van der Waals surface area contributed by atoms with Gasteiger partial charge in [0.2, 0.25) is 0 Å². The van der Waals surface area contributed by atoms with E-state index < -0.39 is 5.41 Å². The Morgan fingerprint density at radius 3 is 2.67 bits per heavy atom. The second-order valence-electron chi connectivity index (χ2n) is 8.86. The number of rotatable bonds is 2. The van der Waals surface area contributed by atoms with Crippen molar-refractivity contribution in [1.82, 2.24) is 0 Å². The molecule has 0 spiro atoms. The monoisotopic (exact) mass is 328 g/mol. The average molecular weight is 328 g/mol. The van der Waals surface area contributed by atoms with Crippen molar-refractivity contribution in [2.24, 2.45) is 34.5 Å². The molecule has 0 aromatic carbocycles. The molecule has 0 N–H and O–H groups in total. The van der Waals surface area contributed by atoms with Gasteiger partial charge in [0.05, 0.1) is 5.41 Å². The van der Waals surface area contributed by atoms with Crippen LogP contribution < -0.4 is 0 Å². The zero-order valence-corrected chi connectivity index (χ0v) is 14.8. The number of carbonyl (C=O) groups is 3. The first-order chi connectivity index (χ1) is 11.5. The highest BCUT2D eigenvalue weighted by Gasteiger charge is 2.61. The van der Waals surface area contributed by atoms with E-state index in [2.05, 4.69) is 13.8 Å². The zero-order valence-electron chi connectivity index (χ0n) is 14.8. The third-order valence-electron chi connectivity index (χ3n) is 8.15. The van der Waals surface area contributed by atoms with Crippen molar-refractivity contribution in [2.45, 2.75) is 65.2 Å². The molecule has 4 aliphatic rings. The molecule has 6 atom stereocenters. The highest BCUT2D eigenvalue weighted by molar-refractivity contribution is 5.94. The summed E-state index contributed by atoms with van der Waals surface area (Å²) in [7, 11) is 0. The fourth-order valence-corrected chi connectivity index (χ4v) is 6.83. The third-order valence-corrected chi connectivity index (χ3v) is 8.15. The molecular formula is C21H28O3. The summed E-state index contributed by atoms with van der Waals surface area (Å²) in [5.74, 6) is 2.21. The summed E-state index contributed by atoms with van der Waals surface area (Å²) in [5, 5.41) is 0. The number of hydrogen-bond acceptors (Lipinski definition) is 3. The summed E-state index contributed by atoms with van der Waals surface area (Å²) in [5.41, 5.74) is 0.546. The van der Waals surface area contributed by atoms with Crippen LogP contribution in [0.5, 0.6) is 0 Å². The lowest BCUT2D eigenvalue weighted by molar-refractivity contribution is -0.137. The Kier molecular flexibility index (Phi) is 3.63. The molecular weight excluding hydrogens is 300 g/mol. The van der Waals surface area contributed by atoms with Crippen molar-refractivity contribution in [3.63, 3.8) is 0 Å². The number of aldehydes is 1. The van der Waals surface area contributed by atoms with Gasteiger partial charge in [-0.05, 0) is 68.3 Å². The molecule has 0 aliphatic heterocycles. The minimum absolute atomic E-state index is 0.158. The molecule has 0 radical (unpaired) electrons. The fourth-order valence-electron chi connectivity index (χ4n) is 6.83. The molecule has 24 heavy (non-hydrogen) atoms. The number of hydrogen-bond donors (Lipinski definition) is 0. The van der Waals surface area contributed by atoms with E-state index in [9.17, 15) is 14.4 Å². The fraction of sp³-hybridized carbons (Fsp3) is 0.762. The van der Waals surface area contributed by atoms with E-state index in [0.29, 0.717) is 42.3 Å². The van der Waals surface area contributed by atoms with E-state index in [-0.39, 0.29) is 11.2 Å². The van der Waals surface area contributed by atoms with Crippen molar-refractivity contribution < 1.29 is 14.4 Å². The van der Waals surface area contributed by atoms with Gasteiger partial charge in [-0.3, -0.25) is 9.59 Å². The van der Waals surface area contributed by atoms with Crippen LogP contribution in [0.3, 0.4) is 0 Å². The minimum atomic E-state index is -0.426. The summed E-state index contributed by atoms with van der Waals surface area (Å²) >= 11 is 0. The first kappa shape index (κ1) is 16.2. The lowest BCUT2D eigenvalue weighted by atomic mass is 9.45. The Balaban J connectivity index is 1.80. The molecule has 3 nitrogen and oxygen atoms in total. The summed E-state index contributed by atoms with van der Waals surface area (Å²) in [4.78, 5) is 36.9. The maximum atomic E-state index is 12.5. The Bertz CT molecular complexity index is 633. The van der Waals surface area contributed by atoms with Gasteiger partial charge >= 0.3 is 0 Å². The molecule has 3 heteroatoms. The highest BCUT2D eigenvalue weighted by Crippen LogP contribution is 2.65. The summed E-state index contributed by atoms with van der Waals surface area (Å²) < 4.78 is 0. The van der Waals surface area contributed by atoms with E-state index in [1.807, 2.05) is 6.08 Å². The first-order valence-electron chi connectivity index (χ1n) is 9.71. The van der Waals surface area contributed by atoms with Gasteiger partial charge in [-0.2, -0.15) is 0 Å². The number of fused-ring (bicyclic) bond motifs is 5. The zero-order chi connectivity index (χ0) is 17.1. The van der Waals surface area contributed by atoms with Crippen molar-refractivity contribution in [2.75, 3.05) is 0 Å². The molecule has 3 fully saturated rings. The van der Waals surface area contributed by atoms with Gasteiger partial charge in [0.15, 0.2) is 5.78 Å². The van der Waals surface area contributed by atoms with Gasteiger partial charge in [-0.25, -0.2) is 0 Å². The van der Waals surface area contributed by atoms with Crippen LogP contribution >= 0.6 is 0 Å². The number of carbonyl (C=O) groups excluding carboxylic acids is 3. The molecule has 3 saturated carbocycles. The summed E-state index contributed by atoms with van der Waals surface area (Å²) in [6, 6.07) is 0. The molecule has 0 bridgehead atoms. The second kappa shape index (κ2) is 5.37. The Morgan fingerprint density at radius 1 is 1.17 bits per heavy atom. The largest absolute Gasteiger partial charge is 0.302 e. The van der Waals surface area contributed by atoms with Gasteiger partial charge in [-0.1, -0.05) is 19.4 Å². The quantitative estimate of drug-likeness (QED) is 0.722. The van der Waals surface area contributed by atoms with Gasteiger partial charge in [0.1, 0.15) is 12.1 Å². The number of allylic oxidation sites excluding steroid dienone is 1. The first-order valence-corrected chi connectivity index (χ1v) is 9.71. The lowest BCUT2D eigenvalue weighted by Crippen LogP contribution is -2.54. The molecule has 1 unspecified atom stereocenters. The van der Waals surface area contributed by atoms with Crippen LogP contribution in [0.15, 0.2) is 11.6 Å². The normalized spacial score (nSPS) is 47.5. The molecule has 4 aliphatic carbocycles. The van der Waals surface area contributed by atoms with Crippen molar-refractivity contribution in [3.8, 4) is 0 Å². The molecule has 0 heterocycles. The van der Waals surface area contributed by atoms with Crippen LogP contribution in [0.4, 0.5) is 0 Å². The van der Waals surface area contributed by atoms with Crippen LogP contribution in [0, 0.1) is 34.5 Å². The van der Waals surface area contributed by atoms with Gasteiger partial charge < -0.3 is 4.79 Å². The van der Waals surface area contributed by atoms with Crippen LogP contribution in [-0.4, -0.2) is 17.9 Å². The van der Waals surface area contributed by atoms with Gasteiger partial charge in [0.25, 0.3) is 0 Å². The predicted octanol–water partition coefficient (Wildman–Crippen LogP) is 3.90. The third kappa shape index (κ3) is 1.93. The van der Waals surface area contributed by atoms with Crippen molar-refractivity contribution >= 4 is 17.9 Å². The summed E-state index contributed by atoms with van der Waals surface area (Å²) in [6.45, 7) is 4.34. The van der Waals surface area contributed by atoms with E-state index in [4.69, 9.17) is 0 Å². The van der Waals surface area contributed by atoms with Crippen molar-refractivity contribution in [1.29, 1.82) is 0 Å². The maximum Gasteiger partial charge on any atom is 0.155 e. The maximum absolute atomic E-state index is 12.5. The molecule has 0 aromatic heterocycles. The second-order valence-corrected chi connectivity index (χ2v) is 8.86. The van der Waals surface area contributed by atoms with E-state index in [0.717, 1.165) is 44.1 Å². The molecule has 0 saturated heterocycles.